The van der Waals surface area contributed by atoms with E-state index < -0.39 is 0 Å². The second-order valence-electron chi connectivity index (χ2n) is 5.77. The molecule has 1 aromatic carbocycles. The van der Waals surface area contributed by atoms with Gasteiger partial charge in [0.05, 0.1) is 15.1 Å². The van der Waals surface area contributed by atoms with E-state index in [1.165, 1.54) is 64.2 Å². The Kier molecular flexibility index (Phi) is 10.6. The van der Waals surface area contributed by atoms with Crippen molar-refractivity contribution in [2.75, 3.05) is 0 Å². The number of unbranched alkanes of at least 4 members (excludes halogenated alkanes) is 9. The lowest BCUT2D eigenvalue weighted by atomic mass is 10.0. The van der Waals surface area contributed by atoms with E-state index >= 15 is 0 Å². The van der Waals surface area contributed by atoms with Crippen LogP contribution in [0.25, 0.3) is 0 Å². The van der Waals surface area contributed by atoms with Crippen molar-refractivity contribution in [1.82, 2.24) is 0 Å². The Labute approximate surface area is 145 Å². The van der Waals surface area contributed by atoms with Crippen molar-refractivity contribution >= 4 is 34.8 Å². The molecule has 3 heteroatoms. The summed E-state index contributed by atoms with van der Waals surface area (Å²) in [6.45, 7) is 2.26. The Balaban J connectivity index is 2.06. The summed E-state index contributed by atoms with van der Waals surface area (Å²) < 4.78 is 0. The molecule has 0 spiro atoms. The van der Waals surface area contributed by atoms with Gasteiger partial charge in [-0.05, 0) is 24.5 Å². The first-order chi connectivity index (χ1) is 10.2. The van der Waals surface area contributed by atoms with Crippen molar-refractivity contribution < 1.29 is 0 Å². The topological polar surface area (TPSA) is 0 Å². The molecule has 0 aliphatic rings. The minimum atomic E-state index is 0.489. The minimum Gasteiger partial charge on any atom is -0.0827 e. The van der Waals surface area contributed by atoms with Crippen molar-refractivity contribution in [2.45, 2.75) is 77.6 Å². The van der Waals surface area contributed by atoms with Gasteiger partial charge in [-0.1, -0.05) is 106 Å². The predicted molar refractivity (Wildman–Crippen MR) is 97.0 cm³/mol. The predicted octanol–water partition coefficient (Wildman–Crippen LogP) is 8.11. The van der Waals surface area contributed by atoms with Crippen LogP contribution in [0.2, 0.25) is 15.1 Å². The van der Waals surface area contributed by atoms with Crippen LogP contribution in [0.1, 0.15) is 76.7 Å². The summed E-state index contributed by atoms with van der Waals surface area (Å²) in [5, 5.41) is 1.65. The Morgan fingerprint density at radius 1 is 0.667 bits per heavy atom. The van der Waals surface area contributed by atoms with Crippen LogP contribution < -0.4 is 0 Å². The Bertz CT molecular complexity index is 402. The molecule has 0 unspecified atom stereocenters. The third-order valence-electron chi connectivity index (χ3n) is 3.91. The normalized spacial score (nSPS) is 11.0. The van der Waals surface area contributed by atoms with Crippen molar-refractivity contribution in [3.05, 3.63) is 32.8 Å². The first-order valence-corrected chi connectivity index (χ1v) is 9.42. The zero-order valence-electron chi connectivity index (χ0n) is 13.1. The molecular formula is C18H27Cl3. The summed E-state index contributed by atoms with van der Waals surface area (Å²) in [5.41, 5.74) is 1.12. The third kappa shape index (κ3) is 7.77. The summed E-state index contributed by atoms with van der Waals surface area (Å²) in [7, 11) is 0. The van der Waals surface area contributed by atoms with Gasteiger partial charge in [0, 0.05) is 0 Å². The van der Waals surface area contributed by atoms with Gasteiger partial charge in [0.2, 0.25) is 0 Å². The van der Waals surface area contributed by atoms with Crippen molar-refractivity contribution in [2.24, 2.45) is 0 Å². The molecule has 0 radical (unpaired) electrons. The molecule has 0 aliphatic carbocycles. The number of rotatable bonds is 11. The quantitative estimate of drug-likeness (QED) is 0.279. The van der Waals surface area contributed by atoms with Crippen LogP contribution >= 0.6 is 34.8 Å². The van der Waals surface area contributed by atoms with E-state index in [1.807, 2.05) is 12.1 Å². The molecule has 0 heterocycles. The minimum absolute atomic E-state index is 0.489. The highest BCUT2D eigenvalue weighted by Gasteiger charge is 2.08. The van der Waals surface area contributed by atoms with Gasteiger partial charge in [-0.25, -0.2) is 0 Å². The fourth-order valence-electron chi connectivity index (χ4n) is 2.56. The van der Waals surface area contributed by atoms with E-state index in [9.17, 15) is 0 Å². The van der Waals surface area contributed by atoms with E-state index in [-0.39, 0.29) is 0 Å². The number of benzene rings is 1. The van der Waals surface area contributed by atoms with Gasteiger partial charge in [-0.15, -0.1) is 0 Å². The maximum absolute atomic E-state index is 6.21. The van der Waals surface area contributed by atoms with Crippen LogP contribution in [0, 0.1) is 0 Å². The molecule has 0 bridgehead atoms. The van der Waals surface area contributed by atoms with Crippen LogP contribution in [0.15, 0.2) is 12.1 Å². The van der Waals surface area contributed by atoms with Gasteiger partial charge >= 0.3 is 0 Å². The molecule has 0 aliphatic heterocycles. The molecule has 0 saturated heterocycles. The van der Waals surface area contributed by atoms with Gasteiger partial charge in [0.15, 0.2) is 0 Å². The van der Waals surface area contributed by atoms with Crippen LogP contribution in [-0.4, -0.2) is 0 Å². The highest BCUT2D eigenvalue weighted by Crippen LogP contribution is 2.33. The van der Waals surface area contributed by atoms with Gasteiger partial charge in [-0.2, -0.15) is 0 Å². The van der Waals surface area contributed by atoms with Crippen LogP contribution in [0.4, 0.5) is 0 Å². The van der Waals surface area contributed by atoms with Gasteiger partial charge < -0.3 is 0 Å². The summed E-state index contributed by atoms with van der Waals surface area (Å²) >= 11 is 18.2. The standard InChI is InChI=1S/C18H27Cl3/c1-2-3-4-5-6-7-8-9-10-11-12-15-13-14-16(19)18(21)17(15)20/h13-14H,2-12H2,1H3. The van der Waals surface area contributed by atoms with Crippen molar-refractivity contribution in [1.29, 1.82) is 0 Å². The second kappa shape index (κ2) is 11.6. The summed E-state index contributed by atoms with van der Waals surface area (Å²) in [4.78, 5) is 0. The van der Waals surface area contributed by atoms with Crippen molar-refractivity contribution in [3.63, 3.8) is 0 Å². The first-order valence-electron chi connectivity index (χ1n) is 8.29. The molecule has 0 saturated carbocycles. The highest BCUT2D eigenvalue weighted by molar-refractivity contribution is 6.48. The van der Waals surface area contributed by atoms with Crippen LogP contribution in [-0.2, 0) is 6.42 Å². The van der Waals surface area contributed by atoms with Crippen LogP contribution in [0.5, 0.6) is 0 Å². The van der Waals surface area contributed by atoms with E-state index in [4.69, 9.17) is 34.8 Å². The SMILES string of the molecule is CCCCCCCCCCCCc1ccc(Cl)c(Cl)c1Cl. The Hall–Kier alpha value is 0.0900. The number of hydrogen-bond donors (Lipinski definition) is 0. The molecule has 0 nitrogen and oxygen atoms in total. The van der Waals surface area contributed by atoms with Gasteiger partial charge in [0.25, 0.3) is 0 Å². The van der Waals surface area contributed by atoms with E-state index in [0.717, 1.165) is 12.0 Å². The van der Waals surface area contributed by atoms with Crippen molar-refractivity contribution in [3.8, 4) is 0 Å². The largest absolute Gasteiger partial charge is 0.0827 e. The van der Waals surface area contributed by atoms with E-state index in [2.05, 4.69) is 6.92 Å². The fourth-order valence-corrected chi connectivity index (χ4v) is 3.21. The molecule has 21 heavy (non-hydrogen) atoms. The lowest BCUT2D eigenvalue weighted by Crippen LogP contribution is -1.89. The maximum atomic E-state index is 6.21. The van der Waals surface area contributed by atoms with E-state index in [0.29, 0.717) is 15.1 Å². The zero-order chi connectivity index (χ0) is 15.5. The first kappa shape index (κ1) is 19.1. The lowest BCUT2D eigenvalue weighted by molar-refractivity contribution is 0.556. The Morgan fingerprint density at radius 2 is 1.19 bits per heavy atom. The smallest absolute Gasteiger partial charge is 0.0781 e. The second-order valence-corrected chi connectivity index (χ2v) is 6.93. The summed E-state index contributed by atoms with van der Waals surface area (Å²) in [5.74, 6) is 0. The molecule has 0 amide bonds. The highest BCUT2D eigenvalue weighted by atomic mass is 35.5. The molecule has 120 valence electrons. The van der Waals surface area contributed by atoms with Gasteiger partial charge in [-0.3, -0.25) is 0 Å². The number of aryl methyl sites for hydroxylation is 1. The third-order valence-corrected chi connectivity index (χ3v) is 5.25. The maximum Gasteiger partial charge on any atom is 0.0781 e. The lowest BCUT2D eigenvalue weighted by Gasteiger charge is -2.07. The number of hydrogen-bond acceptors (Lipinski definition) is 0. The molecule has 1 aromatic rings. The van der Waals surface area contributed by atoms with Gasteiger partial charge in [0.1, 0.15) is 0 Å². The zero-order valence-corrected chi connectivity index (χ0v) is 15.3. The average Bonchev–Trinajstić information content (AvgIpc) is 2.49. The molecular weight excluding hydrogens is 323 g/mol. The van der Waals surface area contributed by atoms with E-state index in [1.54, 1.807) is 0 Å². The molecule has 0 aromatic heterocycles. The fraction of sp³-hybridized carbons (Fsp3) is 0.667. The molecule has 0 atom stereocenters. The summed E-state index contributed by atoms with van der Waals surface area (Å²) in [6.07, 6.45) is 14.5. The molecule has 0 fully saturated rings. The monoisotopic (exact) mass is 348 g/mol. The Morgan fingerprint density at radius 3 is 1.76 bits per heavy atom. The number of halogens is 3. The average molecular weight is 350 g/mol. The summed E-state index contributed by atoms with van der Waals surface area (Å²) in [6, 6.07) is 3.83. The molecule has 1 rings (SSSR count). The van der Waals surface area contributed by atoms with Crippen LogP contribution in [0.3, 0.4) is 0 Å². The molecule has 0 N–H and O–H groups in total.